The summed E-state index contributed by atoms with van der Waals surface area (Å²) in [6.45, 7) is 6.98. The quantitative estimate of drug-likeness (QED) is 0.818. The van der Waals surface area contributed by atoms with Gasteiger partial charge in [0, 0.05) is 23.6 Å². The first-order chi connectivity index (χ1) is 7.63. The minimum absolute atomic E-state index is 0.590. The molecule has 2 aromatic rings. The molecule has 0 aliphatic carbocycles. The van der Waals surface area contributed by atoms with Crippen molar-refractivity contribution in [3.8, 4) is 5.69 Å². The summed E-state index contributed by atoms with van der Waals surface area (Å²) in [5.41, 5.74) is 11.9. The molecule has 0 bridgehead atoms. The molecule has 16 heavy (non-hydrogen) atoms. The van der Waals surface area contributed by atoms with Crippen LogP contribution in [0, 0.1) is 20.8 Å². The van der Waals surface area contributed by atoms with Gasteiger partial charge in [-0.25, -0.2) is 0 Å². The predicted molar refractivity (Wildman–Crippen MR) is 67.9 cm³/mol. The number of rotatable bonds is 2. The first-order valence-electron chi connectivity index (χ1n) is 5.58. The van der Waals surface area contributed by atoms with Crippen molar-refractivity contribution in [3.63, 3.8) is 0 Å². The molecule has 0 spiro atoms. The number of nitrogens with zero attached hydrogens (tertiary/aromatic N) is 1. The molecule has 0 saturated carbocycles. The van der Waals surface area contributed by atoms with Crippen molar-refractivity contribution in [2.24, 2.45) is 5.73 Å². The van der Waals surface area contributed by atoms with Gasteiger partial charge in [0.2, 0.25) is 0 Å². The van der Waals surface area contributed by atoms with Crippen molar-refractivity contribution >= 4 is 0 Å². The van der Waals surface area contributed by atoms with E-state index in [1.54, 1.807) is 0 Å². The third-order valence-corrected chi connectivity index (χ3v) is 3.02. The lowest BCUT2D eigenvalue weighted by Crippen LogP contribution is -2.04. The Morgan fingerprint density at radius 3 is 2.19 bits per heavy atom. The lowest BCUT2D eigenvalue weighted by Gasteiger charge is -2.13. The maximum atomic E-state index is 5.69. The molecule has 0 atom stereocenters. The molecule has 0 aliphatic rings. The van der Waals surface area contributed by atoms with Gasteiger partial charge in [-0.15, -0.1) is 0 Å². The normalized spacial score (nSPS) is 10.8. The SMILES string of the molecule is Cc1ccc(CN)cc1-n1c(C)ccc1C. The molecule has 2 heteroatoms. The second-order valence-electron chi connectivity index (χ2n) is 4.28. The predicted octanol–water partition coefficient (Wildman–Crippen LogP) is 2.86. The zero-order valence-electron chi connectivity index (χ0n) is 10.1. The molecule has 0 aliphatic heterocycles. The summed E-state index contributed by atoms with van der Waals surface area (Å²) in [6.07, 6.45) is 0. The van der Waals surface area contributed by atoms with Crippen LogP contribution in [0.1, 0.15) is 22.5 Å². The van der Waals surface area contributed by atoms with Gasteiger partial charge in [-0.2, -0.15) is 0 Å². The van der Waals surface area contributed by atoms with Crippen LogP contribution in [-0.2, 0) is 6.54 Å². The van der Waals surface area contributed by atoms with E-state index >= 15 is 0 Å². The lowest BCUT2D eigenvalue weighted by molar-refractivity contribution is 0.945. The highest BCUT2D eigenvalue weighted by Gasteiger charge is 2.07. The van der Waals surface area contributed by atoms with Crippen molar-refractivity contribution in [1.82, 2.24) is 4.57 Å². The summed E-state index contributed by atoms with van der Waals surface area (Å²) in [4.78, 5) is 0. The second-order valence-corrected chi connectivity index (χ2v) is 4.28. The first-order valence-corrected chi connectivity index (χ1v) is 5.58. The van der Waals surface area contributed by atoms with Crippen molar-refractivity contribution in [2.45, 2.75) is 27.3 Å². The topological polar surface area (TPSA) is 30.9 Å². The molecule has 1 heterocycles. The van der Waals surface area contributed by atoms with Gasteiger partial charge in [-0.05, 0) is 50.1 Å². The molecule has 84 valence electrons. The largest absolute Gasteiger partial charge is 0.326 e. The van der Waals surface area contributed by atoms with Crippen molar-refractivity contribution in [3.05, 3.63) is 52.8 Å². The third kappa shape index (κ3) is 1.76. The van der Waals surface area contributed by atoms with Gasteiger partial charge in [0.1, 0.15) is 0 Å². The van der Waals surface area contributed by atoms with Crippen LogP contribution in [0.2, 0.25) is 0 Å². The molecule has 0 fully saturated rings. The van der Waals surface area contributed by atoms with Gasteiger partial charge in [0.05, 0.1) is 0 Å². The average Bonchev–Trinajstić information content (AvgIpc) is 2.60. The number of hydrogen-bond acceptors (Lipinski definition) is 1. The van der Waals surface area contributed by atoms with Crippen LogP contribution < -0.4 is 5.73 Å². The van der Waals surface area contributed by atoms with Crippen LogP contribution in [0.25, 0.3) is 5.69 Å². The summed E-state index contributed by atoms with van der Waals surface area (Å²) < 4.78 is 2.27. The van der Waals surface area contributed by atoms with Crippen molar-refractivity contribution < 1.29 is 0 Å². The van der Waals surface area contributed by atoms with Gasteiger partial charge in [-0.3, -0.25) is 0 Å². The van der Waals surface area contributed by atoms with E-state index in [1.807, 2.05) is 0 Å². The molecule has 0 amide bonds. The van der Waals surface area contributed by atoms with Crippen LogP contribution >= 0.6 is 0 Å². The van der Waals surface area contributed by atoms with Crippen molar-refractivity contribution in [1.29, 1.82) is 0 Å². The van der Waals surface area contributed by atoms with E-state index in [0.29, 0.717) is 6.54 Å². The fraction of sp³-hybridized carbons (Fsp3) is 0.286. The maximum Gasteiger partial charge on any atom is 0.0487 e. The fourth-order valence-corrected chi connectivity index (χ4v) is 2.07. The second kappa shape index (κ2) is 4.14. The number of benzene rings is 1. The van der Waals surface area contributed by atoms with E-state index < -0.39 is 0 Å². The molecular formula is C14H18N2. The molecule has 1 aromatic heterocycles. The Bertz CT molecular complexity index is 490. The molecule has 0 saturated heterocycles. The van der Waals surface area contributed by atoms with Crippen LogP contribution in [0.15, 0.2) is 30.3 Å². The highest BCUT2D eigenvalue weighted by Crippen LogP contribution is 2.21. The number of hydrogen-bond donors (Lipinski definition) is 1. The van der Waals surface area contributed by atoms with Gasteiger partial charge in [0.25, 0.3) is 0 Å². The van der Waals surface area contributed by atoms with E-state index in [0.717, 1.165) is 0 Å². The van der Waals surface area contributed by atoms with E-state index in [1.165, 1.54) is 28.2 Å². The summed E-state index contributed by atoms with van der Waals surface area (Å²) in [5, 5.41) is 0. The van der Waals surface area contributed by atoms with Crippen LogP contribution in [0.3, 0.4) is 0 Å². The summed E-state index contributed by atoms with van der Waals surface area (Å²) >= 11 is 0. The average molecular weight is 214 g/mol. The van der Waals surface area contributed by atoms with Gasteiger partial charge in [0.15, 0.2) is 0 Å². The van der Waals surface area contributed by atoms with Crippen LogP contribution in [-0.4, -0.2) is 4.57 Å². The van der Waals surface area contributed by atoms with Gasteiger partial charge >= 0.3 is 0 Å². The zero-order chi connectivity index (χ0) is 11.7. The summed E-state index contributed by atoms with van der Waals surface area (Å²) in [6, 6.07) is 10.7. The smallest absolute Gasteiger partial charge is 0.0487 e. The molecule has 0 unspecified atom stereocenters. The van der Waals surface area contributed by atoms with E-state index in [9.17, 15) is 0 Å². The first kappa shape index (κ1) is 11.0. The minimum Gasteiger partial charge on any atom is -0.326 e. The monoisotopic (exact) mass is 214 g/mol. The Balaban J connectivity index is 2.63. The van der Waals surface area contributed by atoms with Gasteiger partial charge < -0.3 is 10.3 Å². The summed E-state index contributed by atoms with van der Waals surface area (Å²) in [7, 11) is 0. The Kier molecular flexibility index (Phi) is 2.84. The van der Waals surface area contributed by atoms with Gasteiger partial charge in [-0.1, -0.05) is 12.1 Å². The molecule has 1 aromatic carbocycles. The van der Waals surface area contributed by atoms with Crippen LogP contribution in [0.4, 0.5) is 0 Å². The summed E-state index contributed by atoms with van der Waals surface area (Å²) in [5.74, 6) is 0. The highest BCUT2D eigenvalue weighted by atomic mass is 15.0. The molecule has 0 radical (unpaired) electrons. The number of aryl methyl sites for hydroxylation is 3. The van der Waals surface area contributed by atoms with E-state index in [2.05, 4.69) is 55.7 Å². The van der Waals surface area contributed by atoms with Crippen molar-refractivity contribution in [2.75, 3.05) is 0 Å². The minimum atomic E-state index is 0.590. The van der Waals surface area contributed by atoms with E-state index in [-0.39, 0.29) is 0 Å². The Labute approximate surface area is 96.7 Å². The molecular weight excluding hydrogens is 196 g/mol. The maximum absolute atomic E-state index is 5.69. The molecule has 2 nitrogen and oxygen atoms in total. The molecule has 2 N–H and O–H groups in total. The Morgan fingerprint density at radius 2 is 1.62 bits per heavy atom. The molecule has 2 rings (SSSR count). The Hall–Kier alpha value is -1.54. The standard InChI is InChI=1S/C14H18N2/c1-10-4-7-13(9-15)8-14(10)16-11(2)5-6-12(16)3/h4-8H,9,15H2,1-3H3. The van der Waals surface area contributed by atoms with Crippen LogP contribution in [0.5, 0.6) is 0 Å². The zero-order valence-corrected chi connectivity index (χ0v) is 10.1. The number of aromatic nitrogens is 1. The fourth-order valence-electron chi connectivity index (χ4n) is 2.07. The number of nitrogens with two attached hydrogens (primary N) is 1. The van der Waals surface area contributed by atoms with E-state index in [4.69, 9.17) is 5.73 Å². The Morgan fingerprint density at radius 1 is 1.00 bits per heavy atom. The lowest BCUT2D eigenvalue weighted by atomic mass is 10.1. The highest BCUT2D eigenvalue weighted by molar-refractivity contribution is 5.46. The third-order valence-electron chi connectivity index (χ3n) is 3.02.